The molecule has 0 aliphatic carbocycles. The molecule has 0 bridgehead atoms. The standard InChI is InChI=1S/C18H21N5O4S/c19-18(20-14-15-4-2-1-3-5-15)21-10-12-22(13-11-21)28(26,27)17-8-6-16(7-9-17)23(24)25/h1-9H,10-14H2,(H2,19,20). The van der Waals surface area contributed by atoms with E-state index in [-0.39, 0.29) is 23.7 Å². The van der Waals surface area contributed by atoms with Gasteiger partial charge >= 0.3 is 0 Å². The zero-order valence-electron chi connectivity index (χ0n) is 15.1. The minimum atomic E-state index is -3.71. The van der Waals surface area contributed by atoms with E-state index in [9.17, 15) is 18.5 Å². The van der Waals surface area contributed by atoms with Gasteiger partial charge in [-0.05, 0) is 17.7 Å². The summed E-state index contributed by atoms with van der Waals surface area (Å²) in [6.07, 6.45) is 0. The van der Waals surface area contributed by atoms with Crippen LogP contribution in [-0.2, 0) is 16.6 Å². The molecule has 1 aliphatic rings. The Labute approximate surface area is 163 Å². The Hall–Kier alpha value is -2.98. The number of benzene rings is 2. The van der Waals surface area contributed by atoms with E-state index in [1.54, 1.807) is 0 Å². The Bertz CT molecular complexity index is 953. The number of rotatable bonds is 5. The van der Waals surface area contributed by atoms with Crippen molar-refractivity contribution in [2.24, 2.45) is 10.7 Å². The number of sulfonamides is 1. The van der Waals surface area contributed by atoms with Crippen LogP contribution in [0.2, 0.25) is 0 Å². The maximum atomic E-state index is 12.7. The molecule has 10 heteroatoms. The number of nitro groups is 1. The third-order valence-corrected chi connectivity index (χ3v) is 6.43. The van der Waals surface area contributed by atoms with Crippen LogP contribution < -0.4 is 5.73 Å². The number of guanidine groups is 1. The monoisotopic (exact) mass is 403 g/mol. The third kappa shape index (κ3) is 4.46. The first kappa shape index (κ1) is 19.8. The smallest absolute Gasteiger partial charge is 0.269 e. The molecule has 0 spiro atoms. The summed E-state index contributed by atoms with van der Waals surface area (Å²) in [5.74, 6) is 0.385. The zero-order valence-corrected chi connectivity index (χ0v) is 16.0. The molecule has 0 amide bonds. The van der Waals surface area contributed by atoms with Crippen LogP contribution in [0, 0.1) is 10.1 Å². The number of hydrogen-bond donors (Lipinski definition) is 1. The molecule has 1 aliphatic heterocycles. The molecule has 0 saturated carbocycles. The molecular formula is C18H21N5O4S. The number of hydrogen-bond acceptors (Lipinski definition) is 5. The van der Waals surface area contributed by atoms with E-state index in [0.29, 0.717) is 25.6 Å². The third-order valence-electron chi connectivity index (χ3n) is 4.51. The van der Waals surface area contributed by atoms with Crippen molar-refractivity contribution < 1.29 is 13.3 Å². The lowest BCUT2D eigenvalue weighted by Gasteiger charge is -2.34. The van der Waals surface area contributed by atoms with Gasteiger partial charge in [0, 0.05) is 38.3 Å². The largest absolute Gasteiger partial charge is 0.370 e. The fraction of sp³-hybridized carbons (Fsp3) is 0.278. The van der Waals surface area contributed by atoms with E-state index >= 15 is 0 Å². The minimum absolute atomic E-state index is 0.0391. The summed E-state index contributed by atoms with van der Waals surface area (Å²) in [5.41, 5.74) is 6.95. The van der Waals surface area contributed by atoms with Crippen LogP contribution >= 0.6 is 0 Å². The van der Waals surface area contributed by atoms with Gasteiger partial charge in [-0.3, -0.25) is 10.1 Å². The Kier molecular flexibility index (Phi) is 5.90. The van der Waals surface area contributed by atoms with E-state index in [2.05, 4.69) is 4.99 Å². The fourth-order valence-electron chi connectivity index (χ4n) is 2.90. The van der Waals surface area contributed by atoms with E-state index in [0.717, 1.165) is 5.56 Å². The molecule has 1 heterocycles. The second kappa shape index (κ2) is 8.36. The highest BCUT2D eigenvalue weighted by Crippen LogP contribution is 2.20. The molecule has 2 aromatic rings. The van der Waals surface area contributed by atoms with Crippen LogP contribution in [-0.4, -0.2) is 54.7 Å². The first-order valence-corrected chi connectivity index (χ1v) is 10.2. The summed E-state index contributed by atoms with van der Waals surface area (Å²) in [7, 11) is -3.71. The molecule has 1 saturated heterocycles. The molecule has 148 valence electrons. The molecule has 0 unspecified atom stereocenters. The van der Waals surface area contributed by atoms with Crippen molar-refractivity contribution in [2.45, 2.75) is 11.4 Å². The number of piperazine rings is 1. The van der Waals surface area contributed by atoms with Gasteiger partial charge in [0.05, 0.1) is 16.4 Å². The number of nitro benzene ring substituents is 1. The molecule has 3 rings (SSSR count). The van der Waals surface area contributed by atoms with Crippen molar-refractivity contribution >= 4 is 21.7 Å². The van der Waals surface area contributed by atoms with Gasteiger partial charge in [-0.2, -0.15) is 4.31 Å². The lowest BCUT2D eigenvalue weighted by Crippen LogP contribution is -2.52. The van der Waals surface area contributed by atoms with E-state index in [4.69, 9.17) is 5.73 Å². The van der Waals surface area contributed by atoms with E-state index < -0.39 is 14.9 Å². The highest BCUT2D eigenvalue weighted by Gasteiger charge is 2.29. The number of nitrogens with zero attached hydrogens (tertiary/aromatic N) is 4. The van der Waals surface area contributed by atoms with Crippen molar-refractivity contribution in [3.8, 4) is 0 Å². The Balaban J connectivity index is 1.61. The lowest BCUT2D eigenvalue weighted by atomic mass is 10.2. The van der Waals surface area contributed by atoms with Crippen LogP contribution in [0.25, 0.3) is 0 Å². The first-order valence-electron chi connectivity index (χ1n) is 8.71. The Morgan fingerprint density at radius 2 is 1.64 bits per heavy atom. The van der Waals surface area contributed by atoms with Gasteiger partial charge in [0.15, 0.2) is 5.96 Å². The highest BCUT2D eigenvalue weighted by molar-refractivity contribution is 7.89. The van der Waals surface area contributed by atoms with Gasteiger partial charge in [0.25, 0.3) is 5.69 Å². The number of aliphatic imine (C=N–C) groups is 1. The van der Waals surface area contributed by atoms with Gasteiger partial charge in [0.2, 0.25) is 10.0 Å². The predicted octanol–water partition coefficient (Wildman–Crippen LogP) is 1.42. The summed E-state index contributed by atoms with van der Waals surface area (Å²) in [4.78, 5) is 16.4. The predicted molar refractivity (Wildman–Crippen MR) is 105 cm³/mol. The molecule has 1 fully saturated rings. The van der Waals surface area contributed by atoms with Crippen LogP contribution in [0.3, 0.4) is 0 Å². The molecule has 2 N–H and O–H groups in total. The quantitative estimate of drug-likeness (QED) is 0.349. The van der Waals surface area contributed by atoms with Gasteiger partial charge in [-0.15, -0.1) is 0 Å². The second-order valence-corrected chi connectivity index (χ2v) is 8.24. The van der Waals surface area contributed by atoms with Crippen molar-refractivity contribution in [3.05, 3.63) is 70.3 Å². The lowest BCUT2D eigenvalue weighted by molar-refractivity contribution is -0.384. The minimum Gasteiger partial charge on any atom is -0.370 e. The fourth-order valence-corrected chi connectivity index (χ4v) is 4.32. The van der Waals surface area contributed by atoms with Crippen molar-refractivity contribution in [1.82, 2.24) is 9.21 Å². The average Bonchev–Trinajstić information content (AvgIpc) is 2.73. The topological polar surface area (TPSA) is 122 Å². The van der Waals surface area contributed by atoms with E-state index in [1.807, 2.05) is 35.2 Å². The van der Waals surface area contributed by atoms with Crippen molar-refractivity contribution in [3.63, 3.8) is 0 Å². The summed E-state index contributed by atoms with van der Waals surface area (Å²) in [5, 5.41) is 10.7. The van der Waals surface area contributed by atoms with Gasteiger partial charge in [0.1, 0.15) is 0 Å². The Morgan fingerprint density at radius 1 is 1.04 bits per heavy atom. The van der Waals surface area contributed by atoms with Gasteiger partial charge in [-0.25, -0.2) is 13.4 Å². The van der Waals surface area contributed by atoms with Crippen molar-refractivity contribution in [2.75, 3.05) is 26.2 Å². The SMILES string of the molecule is NC(=NCc1ccccc1)N1CCN(S(=O)(=O)c2ccc([N+](=O)[O-])cc2)CC1. The summed E-state index contributed by atoms with van der Waals surface area (Å²) >= 11 is 0. The molecule has 0 aromatic heterocycles. The highest BCUT2D eigenvalue weighted by atomic mass is 32.2. The number of non-ortho nitro benzene ring substituents is 1. The number of nitrogens with two attached hydrogens (primary N) is 1. The van der Waals surface area contributed by atoms with Crippen LogP contribution in [0.1, 0.15) is 5.56 Å². The van der Waals surface area contributed by atoms with Gasteiger partial charge in [-0.1, -0.05) is 30.3 Å². The average molecular weight is 403 g/mol. The Morgan fingerprint density at radius 3 is 2.21 bits per heavy atom. The summed E-state index contributed by atoms with van der Waals surface area (Å²) in [6, 6.07) is 14.6. The maximum Gasteiger partial charge on any atom is 0.269 e. The van der Waals surface area contributed by atoms with Crippen molar-refractivity contribution in [1.29, 1.82) is 0 Å². The first-order chi connectivity index (χ1) is 13.4. The second-order valence-electron chi connectivity index (χ2n) is 6.30. The summed E-state index contributed by atoms with van der Waals surface area (Å²) in [6.45, 7) is 1.85. The van der Waals surface area contributed by atoms with Crippen LogP contribution in [0.4, 0.5) is 5.69 Å². The molecule has 0 atom stereocenters. The van der Waals surface area contributed by atoms with Crippen LogP contribution in [0.15, 0.2) is 64.5 Å². The molecule has 2 aromatic carbocycles. The molecule has 28 heavy (non-hydrogen) atoms. The summed E-state index contributed by atoms with van der Waals surface area (Å²) < 4.78 is 26.8. The van der Waals surface area contributed by atoms with Crippen LogP contribution in [0.5, 0.6) is 0 Å². The molecule has 0 radical (unpaired) electrons. The molecular weight excluding hydrogens is 382 g/mol. The zero-order chi connectivity index (χ0) is 20.1. The normalized spacial score (nSPS) is 16.1. The van der Waals surface area contributed by atoms with Gasteiger partial charge < -0.3 is 10.6 Å². The van der Waals surface area contributed by atoms with E-state index in [1.165, 1.54) is 28.6 Å². The molecule has 9 nitrogen and oxygen atoms in total. The maximum absolute atomic E-state index is 12.7.